The van der Waals surface area contributed by atoms with Gasteiger partial charge in [0, 0.05) is 30.4 Å². The van der Waals surface area contributed by atoms with Gasteiger partial charge in [0.2, 0.25) is 15.9 Å². The van der Waals surface area contributed by atoms with Crippen molar-refractivity contribution in [3.8, 4) is 0 Å². The van der Waals surface area contributed by atoms with Crippen molar-refractivity contribution in [3.63, 3.8) is 0 Å². The molecule has 1 N–H and O–H groups in total. The first-order valence-corrected chi connectivity index (χ1v) is 11.6. The molecule has 1 amide bonds. The average molecular weight is 407 g/mol. The standard InChI is InChI=1S/C20H26N2O3S2/c1-15-5-6-19(16(2)14-15)27(24,25)22-11-8-17(9-12-22)20(23)21-10-7-18-4-3-13-26-18/h3-6,13-14,17H,7-12H2,1-2H3,(H,21,23). The minimum Gasteiger partial charge on any atom is -0.355 e. The minimum absolute atomic E-state index is 0.0371. The topological polar surface area (TPSA) is 66.5 Å². The molecule has 1 aliphatic heterocycles. The molecule has 0 bridgehead atoms. The van der Waals surface area contributed by atoms with Gasteiger partial charge in [-0.15, -0.1) is 11.3 Å². The zero-order valence-corrected chi connectivity index (χ0v) is 17.4. The average Bonchev–Trinajstić information content (AvgIpc) is 3.15. The number of carbonyl (C=O) groups is 1. The molecule has 1 saturated heterocycles. The molecule has 1 aromatic heterocycles. The van der Waals surface area contributed by atoms with Crippen molar-refractivity contribution in [1.82, 2.24) is 9.62 Å². The van der Waals surface area contributed by atoms with Crippen molar-refractivity contribution >= 4 is 27.3 Å². The van der Waals surface area contributed by atoms with Crippen LogP contribution in [0.4, 0.5) is 0 Å². The van der Waals surface area contributed by atoms with E-state index >= 15 is 0 Å². The second kappa shape index (κ2) is 8.54. The second-order valence-electron chi connectivity index (χ2n) is 7.07. The number of hydrogen-bond donors (Lipinski definition) is 1. The van der Waals surface area contributed by atoms with E-state index in [4.69, 9.17) is 0 Å². The Hall–Kier alpha value is -1.70. The van der Waals surface area contributed by atoms with Crippen LogP contribution in [0.5, 0.6) is 0 Å². The molecule has 27 heavy (non-hydrogen) atoms. The van der Waals surface area contributed by atoms with Crippen LogP contribution in [0.15, 0.2) is 40.6 Å². The van der Waals surface area contributed by atoms with Gasteiger partial charge < -0.3 is 5.32 Å². The normalized spacial score (nSPS) is 16.4. The maximum Gasteiger partial charge on any atom is 0.243 e. The van der Waals surface area contributed by atoms with Gasteiger partial charge in [-0.1, -0.05) is 23.8 Å². The highest BCUT2D eigenvalue weighted by atomic mass is 32.2. The third-order valence-corrected chi connectivity index (χ3v) is 8.02. The molecule has 0 atom stereocenters. The van der Waals surface area contributed by atoms with Crippen LogP contribution in [0.1, 0.15) is 28.8 Å². The van der Waals surface area contributed by atoms with Crippen LogP contribution in [0, 0.1) is 19.8 Å². The van der Waals surface area contributed by atoms with E-state index in [1.165, 1.54) is 9.18 Å². The van der Waals surface area contributed by atoms with Crippen molar-refractivity contribution in [2.75, 3.05) is 19.6 Å². The third kappa shape index (κ3) is 4.78. The monoisotopic (exact) mass is 406 g/mol. The molecule has 5 nitrogen and oxygen atoms in total. The first-order valence-electron chi connectivity index (χ1n) is 9.25. The van der Waals surface area contributed by atoms with Crippen LogP contribution in [-0.2, 0) is 21.2 Å². The molecule has 2 aromatic rings. The Balaban J connectivity index is 1.54. The summed E-state index contributed by atoms with van der Waals surface area (Å²) >= 11 is 1.69. The Morgan fingerprint density at radius 2 is 1.96 bits per heavy atom. The number of sulfonamides is 1. The highest BCUT2D eigenvalue weighted by molar-refractivity contribution is 7.89. The van der Waals surface area contributed by atoms with E-state index in [-0.39, 0.29) is 11.8 Å². The lowest BCUT2D eigenvalue weighted by molar-refractivity contribution is -0.126. The Labute approximate surface area is 165 Å². The van der Waals surface area contributed by atoms with Crippen molar-refractivity contribution in [2.24, 2.45) is 5.92 Å². The molecule has 2 heterocycles. The van der Waals surface area contributed by atoms with Crippen LogP contribution in [0.2, 0.25) is 0 Å². The zero-order chi connectivity index (χ0) is 19.4. The van der Waals surface area contributed by atoms with Crippen LogP contribution in [-0.4, -0.2) is 38.3 Å². The number of thiophene rings is 1. The molecule has 0 saturated carbocycles. The third-order valence-electron chi connectivity index (χ3n) is 5.02. The van der Waals surface area contributed by atoms with Crippen LogP contribution < -0.4 is 5.32 Å². The van der Waals surface area contributed by atoms with Crippen LogP contribution in [0.25, 0.3) is 0 Å². The summed E-state index contributed by atoms with van der Waals surface area (Å²) in [5, 5.41) is 5.02. The molecular weight excluding hydrogens is 380 g/mol. The number of piperidine rings is 1. The Kier molecular flexibility index (Phi) is 6.34. The minimum atomic E-state index is -3.50. The lowest BCUT2D eigenvalue weighted by Crippen LogP contribution is -2.43. The van der Waals surface area contributed by atoms with Gasteiger partial charge in [-0.3, -0.25) is 4.79 Å². The number of benzene rings is 1. The summed E-state index contributed by atoms with van der Waals surface area (Å²) in [4.78, 5) is 14.0. The zero-order valence-electron chi connectivity index (χ0n) is 15.8. The summed E-state index contributed by atoms with van der Waals surface area (Å²) in [6, 6.07) is 9.47. The van der Waals surface area contributed by atoms with Gasteiger partial charge in [-0.05, 0) is 56.2 Å². The smallest absolute Gasteiger partial charge is 0.243 e. The van der Waals surface area contributed by atoms with E-state index in [9.17, 15) is 13.2 Å². The molecule has 146 valence electrons. The molecule has 7 heteroatoms. The molecule has 1 aliphatic rings. The summed E-state index contributed by atoms with van der Waals surface area (Å²) < 4.78 is 27.4. The first kappa shape index (κ1) is 20.0. The number of nitrogens with one attached hydrogen (secondary N) is 1. The van der Waals surface area contributed by atoms with Crippen molar-refractivity contribution in [1.29, 1.82) is 0 Å². The van der Waals surface area contributed by atoms with Gasteiger partial charge in [-0.2, -0.15) is 4.31 Å². The molecule has 0 aliphatic carbocycles. The predicted octanol–water partition coefficient (Wildman–Crippen LogP) is 3.12. The number of rotatable bonds is 6. The molecule has 0 radical (unpaired) electrons. The van der Waals surface area contributed by atoms with E-state index < -0.39 is 10.0 Å². The Morgan fingerprint density at radius 3 is 2.59 bits per heavy atom. The molecule has 0 unspecified atom stereocenters. The maximum absolute atomic E-state index is 12.9. The molecule has 3 rings (SSSR count). The summed E-state index contributed by atoms with van der Waals surface area (Å²) in [7, 11) is -3.50. The largest absolute Gasteiger partial charge is 0.355 e. The van der Waals surface area contributed by atoms with Crippen LogP contribution >= 0.6 is 11.3 Å². The summed E-state index contributed by atoms with van der Waals surface area (Å²) in [5.74, 6) is -0.0750. The van der Waals surface area contributed by atoms with Gasteiger partial charge in [0.1, 0.15) is 0 Å². The van der Waals surface area contributed by atoms with E-state index in [0.29, 0.717) is 37.4 Å². The Morgan fingerprint density at radius 1 is 1.22 bits per heavy atom. The van der Waals surface area contributed by atoms with Crippen molar-refractivity contribution in [3.05, 3.63) is 51.7 Å². The fourth-order valence-corrected chi connectivity index (χ4v) is 5.88. The van der Waals surface area contributed by atoms with Gasteiger partial charge in [0.25, 0.3) is 0 Å². The first-order chi connectivity index (χ1) is 12.9. The molecule has 1 aromatic carbocycles. The summed E-state index contributed by atoms with van der Waals surface area (Å²) in [6.07, 6.45) is 1.97. The molecule has 1 fully saturated rings. The molecule has 0 spiro atoms. The van der Waals surface area contributed by atoms with E-state index in [1.54, 1.807) is 17.4 Å². The number of hydrogen-bond acceptors (Lipinski definition) is 4. The van der Waals surface area contributed by atoms with E-state index in [2.05, 4.69) is 11.4 Å². The van der Waals surface area contributed by atoms with Gasteiger partial charge in [-0.25, -0.2) is 8.42 Å². The number of carbonyl (C=O) groups excluding carboxylic acids is 1. The number of amides is 1. The van der Waals surface area contributed by atoms with Crippen LogP contribution in [0.3, 0.4) is 0 Å². The van der Waals surface area contributed by atoms with Gasteiger partial charge in [0.15, 0.2) is 0 Å². The quantitative estimate of drug-likeness (QED) is 0.801. The molecular formula is C20H26N2O3S2. The number of aryl methyl sites for hydroxylation is 2. The van der Waals surface area contributed by atoms with Gasteiger partial charge >= 0.3 is 0 Å². The SMILES string of the molecule is Cc1ccc(S(=O)(=O)N2CCC(C(=O)NCCc3cccs3)CC2)c(C)c1. The van der Waals surface area contributed by atoms with E-state index in [0.717, 1.165) is 17.5 Å². The van der Waals surface area contributed by atoms with Crippen molar-refractivity contribution < 1.29 is 13.2 Å². The highest BCUT2D eigenvalue weighted by Gasteiger charge is 2.32. The Bertz CT molecular complexity index is 884. The lowest BCUT2D eigenvalue weighted by Gasteiger charge is -2.31. The predicted molar refractivity (Wildman–Crippen MR) is 108 cm³/mol. The van der Waals surface area contributed by atoms with Gasteiger partial charge in [0.05, 0.1) is 4.90 Å². The lowest BCUT2D eigenvalue weighted by atomic mass is 9.97. The summed E-state index contributed by atoms with van der Waals surface area (Å²) in [6.45, 7) is 5.18. The van der Waals surface area contributed by atoms with Crippen molar-refractivity contribution in [2.45, 2.75) is 38.0 Å². The number of nitrogens with zero attached hydrogens (tertiary/aromatic N) is 1. The van der Waals surface area contributed by atoms with E-state index in [1.807, 2.05) is 37.4 Å². The summed E-state index contributed by atoms with van der Waals surface area (Å²) in [5.41, 5.74) is 1.81. The maximum atomic E-state index is 12.9. The second-order valence-corrected chi connectivity index (χ2v) is 10.0. The highest BCUT2D eigenvalue weighted by Crippen LogP contribution is 2.26. The fourth-order valence-electron chi connectivity index (χ4n) is 3.49. The fraction of sp³-hybridized carbons (Fsp3) is 0.450.